The van der Waals surface area contributed by atoms with Crippen molar-refractivity contribution in [2.75, 3.05) is 38.6 Å². The Hall–Kier alpha value is -1.79. The highest BCUT2D eigenvalue weighted by molar-refractivity contribution is 5.94. The second kappa shape index (κ2) is 7.72. The van der Waals surface area contributed by atoms with Crippen molar-refractivity contribution >= 4 is 29.9 Å². The van der Waals surface area contributed by atoms with Crippen molar-refractivity contribution in [2.24, 2.45) is 0 Å². The van der Waals surface area contributed by atoms with Crippen LogP contribution in [0, 0.1) is 0 Å². The molecule has 1 heterocycles. The number of anilines is 1. The van der Waals surface area contributed by atoms with Crippen LogP contribution in [0.15, 0.2) is 24.3 Å². The van der Waals surface area contributed by atoms with Crippen molar-refractivity contribution < 1.29 is 14.3 Å². The van der Waals surface area contributed by atoms with Gasteiger partial charge in [0.15, 0.2) is 0 Å². The summed E-state index contributed by atoms with van der Waals surface area (Å²) >= 11 is 0. The normalized spacial score (nSPS) is 14.4. The molecule has 0 aliphatic carbocycles. The number of benzene rings is 1. The molecule has 20 heavy (non-hydrogen) atoms. The maximum atomic E-state index is 11.8. The van der Waals surface area contributed by atoms with Crippen LogP contribution in [0.4, 0.5) is 5.69 Å². The molecule has 1 aromatic rings. The number of piperazine rings is 1. The molecule has 6 nitrogen and oxygen atoms in total. The van der Waals surface area contributed by atoms with Gasteiger partial charge in [0.1, 0.15) is 5.75 Å². The number of hydrogen-bond donors (Lipinski definition) is 2. The average molecular weight is 300 g/mol. The second-order valence-electron chi connectivity index (χ2n) is 4.27. The van der Waals surface area contributed by atoms with Crippen LogP contribution in [-0.4, -0.2) is 50.0 Å². The number of carbonyl (C=O) groups excluding carboxylic acids is 2. The third kappa shape index (κ3) is 4.40. The predicted molar refractivity (Wildman–Crippen MR) is 78.3 cm³/mol. The number of amides is 2. The van der Waals surface area contributed by atoms with E-state index in [1.807, 2.05) is 0 Å². The number of methoxy groups -OCH3 is 1. The van der Waals surface area contributed by atoms with E-state index >= 15 is 0 Å². The first-order valence-electron chi connectivity index (χ1n) is 6.11. The first kappa shape index (κ1) is 16.3. The lowest BCUT2D eigenvalue weighted by Gasteiger charge is -2.26. The molecule has 7 heteroatoms. The zero-order valence-corrected chi connectivity index (χ0v) is 12.0. The molecule has 0 atom stereocenters. The van der Waals surface area contributed by atoms with Crippen molar-refractivity contribution in [3.05, 3.63) is 24.3 Å². The first-order chi connectivity index (χ1) is 9.19. The van der Waals surface area contributed by atoms with E-state index < -0.39 is 0 Å². The molecule has 1 fully saturated rings. The van der Waals surface area contributed by atoms with Crippen LogP contribution >= 0.6 is 12.4 Å². The standard InChI is InChI=1S/C13H17N3O3.ClH/c1-19-11-4-2-10(3-5-11)15-12(17)9-16-7-6-14-8-13(16)18;/h2-5,14H,6-9H2,1H3,(H,15,17);1H. The number of ether oxygens (including phenoxy) is 1. The van der Waals surface area contributed by atoms with Gasteiger partial charge in [-0.2, -0.15) is 0 Å². The van der Waals surface area contributed by atoms with Gasteiger partial charge < -0.3 is 20.3 Å². The fraction of sp³-hybridized carbons (Fsp3) is 0.385. The molecule has 0 spiro atoms. The Morgan fingerprint density at radius 3 is 2.70 bits per heavy atom. The maximum Gasteiger partial charge on any atom is 0.243 e. The first-order valence-corrected chi connectivity index (χ1v) is 6.11. The van der Waals surface area contributed by atoms with Gasteiger partial charge in [-0.15, -0.1) is 12.4 Å². The summed E-state index contributed by atoms with van der Waals surface area (Å²) in [7, 11) is 1.59. The quantitative estimate of drug-likeness (QED) is 0.849. The molecule has 0 radical (unpaired) electrons. The Morgan fingerprint density at radius 1 is 1.40 bits per heavy atom. The third-order valence-electron chi connectivity index (χ3n) is 2.90. The van der Waals surface area contributed by atoms with Crippen molar-refractivity contribution in [1.82, 2.24) is 10.2 Å². The average Bonchev–Trinajstić information content (AvgIpc) is 2.42. The van der Waals surface area contributed by atoms with Crippen LogP contribution in [-0.2, 0) is 9.59 Å². The minimum atomic E-state index is -0.194. The van der Waals surface area contributed by atoms with Crippen LogP contribution in [0.25, 0.3) is 0 Å². The number of halogens is 1. The van der Waals surface area contributed by atoms with Gasteiger partial charge in [0.25, 0.3) is 0 Å². The van der Waals surface area contributed by atoms with Crippen LogP contribution in [0.1, 0.15) is 0 Å². The van der Waals surface area contributed by atoms with Crippen molar-refractivity contribution in [3.8, 4) is 5.75 Å². The molecular formula is C13H18ClN3O3. The highest BCUT2D eigenvalue weighted by Gasteiger charge is 2.19. The van der Waals surface area contributed by atoms with Gasteiger partial charge in [0.2, 0.25) is 11.8 Å². The van der Waals surface area contributed by atoms with Gasteiger partial charge in [-0.1, -0.05) is 0 Å². The molecule has 0 saturated carbocycles. The van der Waals surface area contributed by atoms with Crippen molar-refractivity contribution in [2.45, 2.75) is 0 Å². The summed E-state index contributed by atoms with van der Waals surface area (Å²) in [5, 5.41) is 5.72. The molecule has 2 rings (SSSR count). The van der Waals surface area contributed by atoms with Gasteiger partial charge in [0.05, 0.1) is 20.2 Å². The van der Waals surface area contributed by atoms with E-state index in [2.05, 4.69) is 10.6 Å². The molecule has 1 aromatic carbocycles. The maximum absolute atomic E-state index is 11.8. The number of nitrogens with one attached hydrogen (secondary N) is 2. The number of rotatable bonds is 4. The van der Waals surface area contributed by atoms with E-state index in [-0.39, 0.29) is 30.8 Å². The van der Waals surface area contributed by atoms with Crippen LogP contribution in [0.2, 0.25) is 0 Å². The lowest BCUT2D eigenvalue weighted by Crippen LogP contribution is -2.50. The van der Waals surface area contributed by atoms with E-state index in [1.54, 1.807) is 36.3 Å². The Bertz CT molecular complexity index is 464. The minimum absolute atomic E-state index is 0. The summed E-state index contributed by atoms with van der Waals surface area (Å²) in [4.78, 5) is 24.9. The second-order valence-corrected chi connectivity index (χ2v) is 4.27. The molecule has 2 amide bonds. The summed E-state index contributed by atoms with van der Waals surface area (Å²) < 4.78 is 5.04. The zero-order chi connectivity index (χ0) is 13.7. The van der Waals surface area contributed by atoms with Gasteiger partial charge >= 0.3 is 0 Å². The molecule has 0 bridgehead atoms. The van der Waals surface area contributed by atoms with Gasteiger partial charge in [-0.3, -0.25) is 9.59 Å². The molecule has 1 saturated heterocycles. The summed E-state index contributed by atoms with van der Waals surface area (Å²) in [6.45, 7) is 1.68. The zero-order valence-electron chi connectivity index (χ0n) is 11.2. The summed E-state index contributed by atoms with van der Waals surface area (Å²) in [6.07, 6.45) is 0. The number of nitrogens with zero attached hydrogens (tertiary/aromatic N) is 1. The van der Waals surface area contributed by atoms with Gasteiger partial charge in [-0.05, 0) is 24.3 Å². The summed E-state index contributed by atoms with van der Waals surface area (Å²) in [5.74, 6) is 0.492. The van der Waals surface area contributed by atoms with E-state index in [9.17, 15) is 9.59 Å². The highest BCUT2D eigenvalue weighted by Crippen LogP contribution is 2.14. The largest absolute Gasteiger partial charge is 0.497 e. The van der Waals surface area contributed by atoms with E-state index in [0.29, 0.717) is 18.8 Å². The summed E-state index contributed by atoms with van der Waals surface area (Å²) in [5.41, 5.74) is 0.688. The van der Waals surface area contributed by atoms with E-state index in [0.717, 1.165) is 12.3 Å². The van der Waals surface area contributed by atoms with Gasteiger partial charge in [-0.25, -0.2) is 0 Å². The lowest BCUT2D eigenvalue weighted by atomic mass is 10.3. The molecule has 0 unspecified atom stereocenters. The molecule has 0 aromatic heterocycles. The van der Waals surface area contributed by atoms with Crippen LogP contribution < -0.4 is 15.4 Å². The van der Waals surface area contributed by atoms with E-state index in [4.69, 9.17) is 4.74 Å². The molecular weight excluding hydrogens is 282 g/mol. The van der Waals surface area contributed by atoms with Crippen molar-refractivity contribution in [3.63, 3.8) is 0 Å². The fourth-order valence-corrected chi connectivity index (χ4v) is 1.86. The number of hydrogen-bond acceptors (Lipinski definition) is 4. The minimum Gasteiger partial charge on any atom is -0.497 e. The smallest absolute Gasteiger partial charge is 0.243 e. The highest BCUT2D eigenvalue weighted by atomic mass is 35.5. The summed E-state index contributed by atoms with van der Waals surface area (Å²) in [6, 6.07) is 7.06. The topological polar surface area (TPSA) is 70.7 Å². The Morgan fingerprint density at radius 2 is 2.10 bits per heavy atom. The van der Waals surface area contributed by atoms with Crippen LogP contribution in [0.3, 0.4) is 0 Å². The molecule has 2 N–H and O–H groups in total. The number of carbonyl (C=O) groups is 2. The Kier molecular flexibility index (Phi) is 6.27. The fourth-order valence-electron chi connectivity index (χ4n) is 1.86. The Labute approximate surface area is 123 Å². The lowest BCUT2D eigenvalue weighted by molar-refractivity contribution is -0.135. The van der Waals surface area contributed by atoms with E-state index in [1.165, 1.54) is 0 Å². The SMILES string of the molecule is COc1ccc(NC(=O)CN2CCNCC2=O)cc1.Cl. The molecule has 110 valence electrons. The Balaban J connectivity index is 0.00000200. The molecule has 1 aliphatic rings. The van der Waals surface area contributed by atoms with Crippen LogP contribution in [0.5, 0.6) is 5.75 Å². The monoisotopic (exact) mass is 299 g/mol. The predicted octanol–water partition coefficient (Wildman–Crippen LogP) is 0.487. The van der Waals surface area contributed by atoms with Crippen molar-refractivity contribution in [1.29, 1.82) is 0 Å². The third-order valence-corrected chi connectivity index (χ3v) is 2.90. The van der Waals surface area contributed by atoms with Gasteiger partial charge in [0, 0.05) is 18.8 Å². The molecule has 1 aliphatic heterocycles.